The number of nitrogens with two attached hydrogens (primary N) is 1. The van der Waals surface area contributed by atoms with E-state index in [1.54, 1.807) is 6.20 Å². The van der Waals surface area contributed by atoms with Crippen LogP contribution in [0.5, 0.6) is 0 Å². The van der Waals surface area contributed by atoms with Gasteiger partial charge in [-0.15, -0.1) is 0 Å². The molecule has 0 saturated carbocycles. The van der Waals surface area contributed by atoms with Gasteiger partial charge < -0.3 is 10.7 Å². The van der Waals surface area contributed by atoms with Gasteiger partial charge in [-0.1, -0.05) is 30.0 Å². The van der Waals surface area contributed by atoms with Crippen molar-refractivity contribution in [3.8, 4) is 11.8 Å². The largest absolute Gasteiger partial charge is 0.383 e. The molecule has 0 aliphatic heterocycles. The lowest BCUT2D eigenvalue weighted by molar-refractivity contribution is 1.32. The van der Waals surface area contributed by atoms with Crippen molar-refractivity contribution in [1.82, 2.24) is 9.97 Å². The van der Waals surface area contributed by atoms with Gasteiger partial charge in [0.25, 0.3) is 0 Å². The summed E-state index contributed by atoms with van der Waals surface area (Å²) in [7, 11) is 0. The molecule has 0 aliphatic rings. The fourth-order valence-corrected chi connectivity index (χ4v) is 1.83. The zero-order valence-electron chi connectivity index (χ0n) is 9.64. The van der Waals surface area contributed by atoms with E-state index in [1.165, 1.54) is 0 Å². The maximum Gasteiger partial charge on any atom is 0.139 e. The summed E-state index contributed by atoms with van der Waals surface area (Å²) < 4.78 is 0. The van der Waals surface area contributed by atoms with E-state index in [-0.39, 0.29) is 0 Å². The van der Waals surface area contributed by atoms with Crippen LogP contribution < -0.4 is 5.73 Å². The minimum absolute atomic E-state index is 0.463. The number of fused-ring (bicyclic) bond motifs is 1. The molecule has 0 unspecified atom stereocenters. The average Bonchev–Trinajstić information content (AvgIpc) is 2.81. The number of nitrogen functional groups attached to an aromatic ring is 1. The monoisotopic (exact) mass is 233 g/mol. The first-order valence-electron chi connectivity index (χ1n) is 5.63. The number of aromatic nitrogens is 2. The SMILES string of the molecule is Nc1ncccc1C#Cc1c[nH]c2ccccc12. The molecule has 3 rings (SSSR count). The van der Waals surface area contributed by atoms with Gasteiger partial charge >= 0.3 is 0 Å². The van der Waals surface area contributed by atoms with E-state index >= 15 is 0 Å². The van der Waals surface area contributed by atoms with Gasteiger partial charge in [-0.2, -0.15) is 0 Å². The number of H-pyrrole nitrogens is 1. The van der Waals surface area contributed by atoms with Crippen LogP contribution in [0.4, 0.5) is 5.82 Å². The van der Waals surface area contributed by atoms with Crippen LogP contribution in [0.2, 0.25) is 0 Å². The van der Waals surface area contributed by atoms with Crippen LogP contribution >= 0.6 is 0 Å². The number of para-hydroxylation sites is 1. The van der Waals surface area contributed by atoms with Crippen LogP contribution in [-0.4, -0.2) is 9.97 Å². The Morgan fingerprint density at radius 3 is 2.72 bits per heavy atom. The lowest BCUT2D eigenvalue weighted by atomic mass is 10.1. The molecule has 0 atom stereocenters. The van der Waals surface area contributed by atoms with Crippen molar-refractivity contribution in [2.75, 3.05) is 5.73 Å². The Balaban J connectivity index is 2.06. The highest BCUT2D eigenvalue weighted by Gasteiger charge is 1.99. The van der Waals surface area contributed by atoms with Crippen LogP contribution in [0.1, 0.15) is 11.1 Å². The minimum Gasteiger partial charge on any atom is -0.383 e. The number of aromatic amines is 1. The molecule has 3 heteroatoms. The molecule has 18 heavy (non-hydrogen) atoms. The summed E-state index contributed by atoms with van der Waals surface area (Å²) in [6, 6.07) is 11.8. The summed E-state index contributed by atoms with van der Waals surface area (Å²) in [5.41, 5.74) is 8.55. The highest BCUT2D eigenvalue weighted by molar-refractivity contribution is 5.86. The third-order valence-electron chi connectivity index (χ3n) is 2.76. The van der Waals surface area contributed by atoms with E-state index in [0.29, 0.717) is 5.82 Å². The summed E-state index contributed by atoms with van der Waals surface area (Å²) in [5.74, 6) is 6.64. The average molecular weight is 233 g/mol. The third kappa shape index (κ3) is 1.80. The van der Waals surface area contributed by atoms with E-state index in [9.17, 15) is 0 Å². The number of nitrogens with one attached hydrogen (secondary N) is 1. The van der Waals surface area contributed by atoms with Gasteiger partial charge in [-0.3, -0.25) is 0 Å². The molecule has 0 bridgehead atoms. The van der Waals surface area contributed by atoms with Crippen LogP contribution in [0.25, 0.3) is 10.9 Å². The molecule has 2 heterocycles. The summed E-state index contributed by atoms with van der Waals surface area (Å²) in [6.07, 6.45) is 3.57. The second-order valence-corrected chi connectivity index (χ2v) is 3.93. The number of hydrogen-bond donors (Lipinski definition) is 2. The fourth-order valence-electron chi connectivity index (χ4n) is 1.83. The van der Waals surface area contributed by atoms with E-state index in [1.807, 2.05) is 42.6 Å². The second kappa shape index (κ2) is 4.27. The smallest absolute Gasteiger partial charge is 0.139 e. The Kier molecular flexibility index (Phi) is 2.47. The molecular formula is C15H11N3. The minimum atomic E-state index is 0.463. The standard InChI is InChI=1S/C15H11N3/c16-15-11(4-3-9-17-15)7-8-12-10-18-14-6-2-1-5-13(12)14/h1-6,9-10,18H,(H2,16,17). The van der Waals surface area contributed by atoms with Crippen molar-refractivity contribution in [1.29, 1.82) is 0 Å². The molecular weight excluding hydrogens is 222 g/mol. The number of benzene rings is 1. The molecule has 3 N–H and O–H groups in total. The van der Waals surface area contributed by atoms with Crippen LogP contribution in [0.3, 0.4) is 0 Å². The Bertz CT molecular complexity index is 760. The fraction of sp³-hybridized carbons (Fsp3) is 0. The van der Waals surface area contributed by atoms with Gasteiger partial charge in [-0.05, 0) is 18.2 Å². The van der Waals surface area contributed by atoms with Gasteiger partial charge in [-0.25, -0.2) is 4.98 Å². The lowest BCUT2D eigenvalue weighted by Gasteiger charge is -1.93. The zero-order chi connectivity index (χ0) is 12.4. The second-order valence-electron chi connectivity index (χ2n) is 3.93. The first kappa shape index (κ1) is 10.4. The lowest BCUT2D eigenvalue weighted by Crippen LogP contribution is -1.92. The summed E-state index contributed by atoms with van der Waals surface area (Å²) in [6.45, 7) is 0. The van der Waals surface area contributed by atoms with Crippen molar-refractivity contribution < 1.29 is 0 Å². The maximum absolute atomic E-state index is 5.75. The van der Waals surface area contributed by atoms with Crippen molar-refractivity contribution in [2.24, 2.45) is 0 Å². The molecule has 0 radical (unpaired) electrons. The normalized spacial score (nSPS) is 10.0. The predicted molar refractivity (Wildman–Crippen MR) is 72.9 cm³/mol. The molecule has 0 saturated heterocycles. The molecule has 0 amide bonds. The van der Waals surface area contributed by atoms with Gasteiger partial charge in [0.05, 0.1) is 11.1 Å². The van der Waals surface area contributed by atoms with Gasteiger partial charge in [0.2, 0.25) is 0 Å². The summed E-state index contributed by atoms with van der Waals surface area (Å²) in [5, 5.41) is 1.12. The van der Waals surface area contributed by atoms with E-state index in [0.717, 1.165) is 22.0 Å². The Labute approximate surface area is 105 Å². The topological polar surface area (TPSA) is 54.7 Å². The molecule has 3 nitrogen and oxygen atoms in total. The van der Waals surface area contributed by atoms with Crippen molar-refractivity contribution in [3.63, 3.8) is 0 Å². The highest BCUT2D eigenvalue weighted by Crippen LogP contribution is 2.16. The van der Waals surface area contributed by atoms with Crippen LogP contribution in [-0.2, 0) is 0 Å². The molecule has 0 spiro atoms. The number of anilines is 1. The van der Waals surface area contributed by atoms with E-state index in [2.05, 4.69) is 21.8 Å². The Hall–Kier alpha value is -2.73. The molecule has 0 aliphatic carbocycles. The van der Waals surface area contributed by atoms with Crippen molar-refractivity contribution in [2.45, 2.75) is 0 Å². The summed E-state index contributed by atoms with van der Waals surface area (Å²) >= 11 is 0. The zero-order valence-corrected chi connectivity index (χ0v) is 9.64. The van der Waals surface area contributed by atoms with E-state index in [4.69, 9.17) is 5.73 Å². The highest BCUT2D eigenvalue weighted by atomic mass is 14.8. The quantitative estimate of drug-likeness (QED) is 0.586. The maximum atomic E-state index is 5.75. The molecule has 3 aromatic rings. The number of rotatable bonds is 0. The van der Waals surface area contributed by atoms with Crippen molar-refractivity contribution >= 4 is 16.7 Å². The first-order chi connectivity index (χ1) is 8.84. The van der Waals surface area contributed by atoms with Crippen LogP contribution in [0.15, 0.2) is 48.8 Å². The van der Waals surface area contributed by atoms with Crippen molar-refractivity contribution in [3.05, 3.63) is 59.9 Å². The van der Waals surface area contributed by atoms with E-state index < -0.39 is 0 Å². The van der Waals surface area contributed by atoms with Crippen LogP contribution in [0, 0.1) is 11.8 Å². The van der Waals surface area contributed by atoms with Gasteiger partial charge in [0, 0.05) is 23.3 Å². The molecule has 86 valence electrons. The number of hydrogen-bond acceptors (Lipinski definition) is 2. The Morgan fingerprint density at radius 1 is 1.00 bits per heavy atom. The third-order valence-corrected chi connectivity index (χ3v) is 2.76. The Morgan fingerprint density at radius 2 is 1.83 bits per heavy atom. The predicted octanol–water partition coefficient (Wildman–Crippen LogP) is 2.54. The molecule has 1 aromatic carbocycles. The number of pyridine rings is 1. The summed E-state index contributed by atoms with van der Waals surface area (Å²) in [4.78, 5) is 7.20. The molecule has 0 fully saturated rings. The van der Waals surface area contributed by atoms with Gasteiger partial charge in [0.15, 0.2) is 0 Å². The first-order valence-corrected chi connectivity index (χ1v) is 5.63. The van der Waals surface area contributed by atoms with Gasteiger partial charge in [0.1, 0.15) is 5.82 Å². The molecule has 2 aromatic heterocycles. The number of nitrogens with zero attached hydrogens (tertiary/aromatic N) is 1.